The van der Waals surface area contributed by atoms with Gasteiger partial charge in [-0.15, -0.1) is 0 Å². The van der Waals surface area contributed by atoms with Crippen molar-refractivity contribution in [3.05, 3.63) is 298 Å². The molecular weight excluding hydrogens is 1070 g/mol. The Morgan fingerprint density at radius 2 is 0.871 bits per heavy atom. The number of hydrogen-bond acceptors (Lipinski definition) is 12. The van der Waals surface area contributed by atoms with Gasteiger partial charge in [-0.2, -0.15) is 0 Å². The maximum absolute atomic E-state index is 15.9. The first kappa shape index (κ1) is 57.8. The number of nitrogens with zero attached hydrogens (tertiary/aromatic N) is 1. The van der Waals surface area contributed by atoms with E-state index < -0.39 is 41.9 Å². The molecule has 2 amide bonds. The molecule has 0 unspecified atom stereocenters. The number of benzene rings is 9. The zero-order chi connectivity index (χ0) is 58.6. The van der Waals surface area contributed by atoms with Crippen LogP contribution in [0.15, 0.2) is 237 Å². The predicted molar refractivity (Wildman–Crippen MR) is 319 cm³/mol. The first-order chi connectivity index (χ1) is 41.7. The second-order valence-electron chi connectivity index (χ2n) is 20.2. The van der Waals surface area contributed by atoms with Gasteiger partial charge in [0.25, 0.3) is 5.91 Å². The van der Waals surface area contributed by atoms with E-state index >= 15 is 9.59 Å². The Kier molecular flexibility index (Phi) is 19.7. The van der Waals surface area contributed by atoms with E-state index in [1.54, 1.807) is 36.4 Å². The molecule has 0 saturated carbocycles. The quantitative estimate of drug-likeness (QED) is 0.0367. The summed E-state index contributed by atoms with van der Waals surface area (Å²) >= 11 is 0. The molecule has 9 aromatic carbocycles. The Labute approximate surface area is 493 Å². The molecule has 1 saturated heterocycles. The van der Waals surface area contributed by atoms with Gasteiger partial charge in [-0.1, -0.05) is 188 Å². The van der Waals surface area contributed by atoms with Crippen molar-refractivity contribution in [3.8, 4) is 23.0 Å². The van der Waals surface area contributed by atoms with Crippen LogP contribution in [0.25, 0.3) is 0 Å². The summed E-state index contributed by atoms with van der Waals surface area (Å²) in [4.78, 5) is 74.9. The average molecular weight is 1140 g/mol. The summed E-state index contributed by atoms with van der Waals surface area (Å²) in [6, 6.07) is 69.4. The van der Waals surface area contributed by atoms with Crippen molar-refractivity contribution in [2.24, 2.45) is 0 Å². The van der Waals surface area contributed by atoms with E-state index in [-0.39, 0.29) is 92.0 Å². The fourth-order valence-electron chi connectivity index (χ4n) is 9.63. The molecule has 10 rings (SSSR count). The maximum atomic E-state index is 15.9. The summed E-state index contributed by atoms with van der Waals surface area (Å²) in [5.41, 5.74) is 4.76. The van der Waals surface area contributed by atoms with Gasteiger partial charge in [0, 0.05) is 18.7 Å². The van der Waals surface area contributed by atoms with Crippen molar-refractivity contribution in [2.45, 2.75) is 64.6 Å². The summed E-state index contributed by atoms with van der Waals surface area (Å²) in [5, 5.41) is 3.07. The molecule has 1 heterocycles. The lowest BCUT2D eigenvalue weighted by molar-refractivity contribution is 0.0173. The molecule has 1 fully saturated rings. The van der Waals surface area contributed by atoms with Crippen LogP contribution in [-0.2, 0) is 53.9 Å². The lowest BCUT2D eigenvalue weighted by Gasteiger charge is -2.29. The van der Waals surface area contributed by atoms with E-state index in [0.717, 1.165) is 33.4 Å². The zero-order valence-electron chi connectivity index (χ0n) is 46.6. The Balaban J connectivity index is 1.00. The summed E-state index contributed by atoms with van der Waals surface area (Å²) in [6.45, 7) is 0.408. The van der Waals surface area contributed by atoms with Crippen LogP contribution >= 0.6 is 0 Å². The van der Waals surface area contributed by atoms with Crippen molar-refractivity contribution in [1.82, 2.24) is 10.2 Å². The highest BCUT2D eigenvalue weighted by Crippen LogP contribution is 2.39. The van der Waals surface area contributed by atoms with Gasteiger partial charge in [0.1, 0.15) is 74.3 Å². The smallest absolute Gasteiger partial charge is 0.410 e. The molecule has 14 heteroatoms. The molecule has 2 atom stereocenters. The highest BCUT2D eigenvalue weighted by Gasteiger charge is 2.36. The predicted octanol–water partition coefficient (Wildman–Crippen LogP) is 13.3. The monoisotopic (exact) mass is 1130 g/mol. The van der Waals surface area contributed by atoms with E-state index in [1.165, 1.54) is 23.1 Å². The number of carbonyl (C=O) groups excluding carboxylic acids is 5. The fourth-order valence-corrected chi connectivity index (χ4v) is 9.63. The molecule has 9 aromatic rings. The van der Waals surface area contributed by atoms with Gasteiger partial charge in [0.15, 0.2) is 0 Å². The SMILES string of the molecule is O=C(N[C@@H]1CN(C(=O)OCc2ccccc2)CCC[C@H]1OC(=O)c1cc(OCc2ccccc2)c(C(=O)c2c(OCc3ccccc3)cccc2C(=O)OCc2ccccc2)c(OCc2ccccc2)c1)c1ccc(OCc2ccccc2)cc1. The van der Waals surface area contributed by atoms with Gasteiger partial charge in [-0.05, 0) is 94.8 Å². The number of nitrogens with one attached hydrogen (secondary N) is 1. The lowest BCUT2D eigenvalue weighted by Crippen LogP contribution is -2.51. The van der Waals surface area contributed by atoms with Crippen LogP contribution in [0.4, 0.5) is 4.79 Å². The van der Waals surface area contributed by atoms with Gasteiger partial charge in [-0.3, -0.25) is 9.59 Å². The molecule has 14 nitrogen and oxygen atoms in total. The van der Waals surface area contributed by atoms with Crippen molar-refractivity contribution in [3.63, 3.8) is 0 Å². The number of rotatable bonds is 23. The molecule has 0 spiro atoms. The van der Waals surface area contributed by atoms with Gasteiger partial charge in [0.2, 0.25) is 5.78 Å². The van der Waals surface area contributed by atoms with Crippen LogP contribution in [-0.4, -0.2) is 59.9 Å². The van der Waals surface area contributed by atoms with Crippen molar-refractivity contribution in [1.29, 1.82) is 0 Å². The number of ketones is 1. The Hall–Kier alpha value is -10.5. The van der Waals surface area contributed by atoms with E-state index in [2.05, 4.69) is 5.32 Å². The van der Waals surface area contributed by atoms with Crippen LogP contribution < -0.4 is 24.3 Å². The van der Waals surface area contributed by atoms with Gasteiger partial charge in [0.05, 0.1) is 22.7 Å². The second kappa shape index (κ2) is 29.0. The van der Waals surface area contributed by atoms with Gasteiger partial charge < -0.3 is 43.4 Å². The number of amides is 2. The van der Waals surface area contributed by atoms with E-state index in [9.17, 15) is 14.4 Å². The van der Waals surface area contributed by atoms with E-state index in [1.807, 2.05) is 182 Å². The summed E-state index contributed by atoms with van der Waals surface area (Å²) in [6.07, 6.45) is -0.974. The molecule has 85 heavy (non-hydrogen) atoms. The largest absolute Gasteiger partial charge is 0.489 e. The molecule has 1 aliphatic rings. The fraction of sp³-hybridized carbons (Fsp3) is 0.169. The Bertz CT molecular complexity index is 3600. The molecule has 1 N–H and O–H groups in total. The minimum absolute atomic E-state index is 0.0259. The number of likely N-dealkylation sites (tertiary alicyclic amines) is 1. The zero-order valence-corrected chi connectivity index (χ0v) is 46.6. The molecule has 0 bridgehead atoms. The molecule has 0 aliphatic carbocycles. The summed E-state index contributed by atoms with van der Waals surface area (Å²) in [5.74, 6) is -2.31. The molecule has 1 aliphatic heterocycles. The molecular formula is C71H62N2O12. The second-order valence-corrected chi connectivity index (χ2v) is 20.2. The third kappa shape index (κ3) is 16.0. The van der Waals surface area contributed by atoms with Crippen LogP contribution in [0, 0.1) is 0 Å². The van der Waals surface area contributed by atoms with Gasteiger partial charge >= 0.3 is 18.0 Å². The van der Waals surface area contributed by atoms with Crippen LogP contribution in [0.5, 0.6) is 23.0 Å². The molecule has 0 radical (unpaired) electrons. The summed E-state index contributed by atoms with van der Waals surface area (Å²) < 4.78 is 43.7. The highest BCUT2D eigenvalue weighted by molar-refractivity contribution is 6.19. The van der Waals surface area contributed by atoms with Crippen LogP contribution in [0.1, 0.15) is 93.2 Å². The average Bonchev–Trinajstić information content (AvgIpc) is 2.67. The molecule has 0 aromatic heterocycles. The number of esters is 2. The topological polar surface area (TPSA) is 165 Å². The molecule has 428 valence electrons. The number of carbonyl (C=O) groups is 5. The van der Waals surface area contributed by atoms with Crippen LogP contribution in [0.2, 0.25) is 0 Å². The Morgan fingerprint density at radius 3 is 1.36 bits per heavy atom. The third-order valence-electron chi connectivity index (χ3n) is 14.1. The van der Waals surface area contributed by atoms with E-state index in [4.69, 9.17) is 33.2 Å². The minimum atomic E-state index is -0.987. The van der Waals surface area contributed by atoms with Crippen molar-refractivity contribution >= 4 is 29.7 Å². The first-order valence-corrected chi connectivity index (χ1v) is 28.0. The number of hydrogen-bond donors (Lipinski definition) is 1. The van der Waals surface area contributed by atoms with Gasteiger partial charge in [-0.25, -0.2) is 14.4 Å². The highest BCUT2D eigenvalue weighted by atomic mass is 16.6. The summed E-state index contributed by atoms with van der Waals surface area (Å²) in [7, 11) is 0. The lowest BCUT2D eigenvalue weighted by atomic mass is 9.94. The first-order valence-electron chi connectivity index (χ1n) is 28.0. The standard InChI is InChI=1S/C71H62N2O12/c74-67(65-59(70(77)83-48-54-29-15-5-16-30-54)33-19-34-62(65)80-45-51-23-9-2-10-24-51)66-63(81-46-52-25-11-3-12-26-52)41-57(42-64(66)82-47-53-27-13-4-14-28-53)69(76)85-61-35-20-40-73(71(78)84-49-55-31-17-6-18-32-55)43-60(61)72-68(75)56-36-38-58(39-37-56)79-44-50-21-7-1-8-22-50/h1-19,21-34,36-39,41-42,60-61H,20,35,40,43-49H2,(H,72,75)/t60-,61-/m1/s1. The van der Waals surface area contributed by atoms with Crippen molar-refractivity contribution in [2.75, 3.05) is 13.1 Å². The third-order valence-corrected chi connectivity index (χ3v) is 14.1. The number of ether oxygens (including phenoxy) is 7. The van der Waals surface area contributed by atoms with E-state index in [0.29, 0.717) is 24.3 Å². The normalized spacial score (nSPS) is 13.7. The van der Waals surface area contributed by atoms with Crippen LogP contribution in [0.3, 0.4) is 0 Å². The maximum Gasteiger partial charge on any atom is 0.410 e. The minimum Gasteiger partial charge on any atom is -0.489 e. The Morgan fingerprint density at radius 1 is 0.424 bits per heavy atom. The van der Waals surface area contributed by atoms with Crippen molar-refractivity contribution < 1.29 is 57.1 Å².